The van der Waals surface area contributed by atoms with Gasteiger partial charge >= 0.3 is 0 Å². The lowest BCUT2D eigenvalue weighted by Gasteiger charge is -2.01. The molecule has 0 atom stereocenters. The van der Waals surface area contributed by atoms with Crippen molar-refractivity contribution in [1.29, 1.82) is 0 Å². The van der Waals surface area contributed by atoms with E-state index in [9.17, 15) is 0 Å². The lowest BCUT2D eigenvalue weighted by molar-refractivity contribution is 0.902. The molecule has 1 heterocycles. The zero-order valence-corrected chi connectivity index (χ0v) is 5.46. The molecule has 0 saturated carbocycles. The van der Waals surface area contributed by atoms with E-state index in [4.69, 9.17) is 5.73 Å². The SMILES string of the molecule is NC1Nc2ccccc2N1. The summed E-state index contributed by atoms with van der Waals surface area (Å²) in [7, 11) is 0. The molecule has 0 saturated heterocycles. The molecule has 0 unspecified atom stereocenters. The first-order valence-corrected chi connectivity index (χ1v) is 3.24. The van der Waals surface area contributed by atoms with Gasteiger partial charge in [0, 0.05) is 0 Å². The molecule has 0 fully saturated rings. The van der Waals surface area contributed by atoms with E-state index in [1.165, 1.54) is 0 Å². The average molecular weight is 135 g/mol. The van der Waals surface area contributed by atoms with Crippen molar-refractivity contribution in [2.24, 2.45) is 5.73 Å². The molecule has 2 rings (SSSR count). The molecule has 0 aromatic heterocycles. The third kappa shape index (κ3) is 0.717. The number of nitrogens with one attached hydrogen (secondary N) is 2. The molecule has 0 amide bonds. The summed E-state index contributed by atoms with van der Waals surface area (Å²) >= 11 is 0. The van der Waals surface area contributed by atoms with Crippen LogP contribution >= 0.6 is 0 Å². The van der Waals surface area contributed by atoms with Crippen molar-refractivity contribution >= 4 is 11.4 Å². The van der Waals surface area contributed by atoms with Crippen molar-refractivity contribution in [2.45, 2.75) is 6.29 Å². The maximum atomic E-state index is 5.56. The average Bonchev–Trinajstić information content (AvgIpc) is 2.27. The van der Waals surface area contributed by atoms with Gasteiger partial charge in [0.2, 0.25) is 0 Å². The number of para-hydroxylation sites is 2. The van der Waals surface area contributed by atoms with Crippen LogP contribution in [0.2, 0.25) is 0 Å². The molecule has 10 heavy (non-hydrogen) atoms. The lowest BCUT2D eigenvalue weighted by Crippen LogP contribution is -2.31. The summed E-state index contributed by atoms with van der Waals surface area (Å²) in [6.07, 6.45) is -0.127. The van der Waals surface area contributed by atoms with Gasteiger partial charge in [0.25, 0.3) is 0 Å². The van der Waals surface area contributed by atoms with E-state index >= 15 is 0 Å². The van der Waals surface area contributed by atoms with E-state index in [-0.39, 0.29) is 6.29 Å². The second-order valence-electron chi connectivity index (χ2n) is 2.31. The third-order valence-corrected chi connectivity index (χ3v) is 1.55. The van der Waals surface area contributed by atoms with Gasteiger partial charge < -0.3 is 10.6 Å². The Morgan fingerprint density at radius 3 is 2.10 bits per heavy atom. The summed E-state index contributed by atoms with van der Waals surface area (Å²) < 4.78 is 0. The van der Waals surface area contributed by atoms with E-state index in [1.54, 1.807) is 0 Å². The Morgan fingerprint density at radius 1 is 1.10 bits per heavy atom. The van der Waals surface area contributed by atoms with Gasteiger partial charge in [-0.05, 0) is 12.1 Å². The fourth-order valence-corrected chi connectivity index (χ4v) is 1.11. The monoisotopic (exact) mass is 135 g/mol. The molecule has 3 heteroatoms. The van der Waals surface area contributed by atoms with Crippen LogP contribution in [-0.4, -0.2) is 6.29 Å². The molecule has 1 aromatic rings. The van der Waals surface area contributed by atoms with E-state index in [0.29, 0.717) is 0 Å². The predicted molar refractivity (Wildman–Crippen MR) is 41.7 cm³/mol. The summed E-state index contributed by atoms with van der Waals surface area (Å²) in [5, 5.41) is 6.13. The molecule has 1 aliphatic rings. The van der Waals surface area contributed by atoms with Gasteiger partial charge in [-0.2, -0.15) is 0 Å². The topological polar surface area (TPSA) is 50.1 Å². The van der Waals surface area contributed by atoms with E-state index in [0.717, 1.165) is 11.4 Å². The minimum Gasteiger partial charge on any atom is -0.352 e. The number of hydrogen-bond acceptors (Lipinski definition) is 3. The molecule has 0 spiro atoms. The first-order chi connectivity index (χ1) is 4.86. The number of fused-ring (bicyclic) bond motifs is 1. The fourth-order valence-electron chi connectivity index (χ4n) is 1.11. The van der Waals surface area contributed by atoms with Crippen LogP contribution in [0.4, 0.5) is 11.4 Å². The minimum atomic E-state index is -0.127. The Bertz CT molecular complexity index is 221. The van der Waals surface area contributed by atoms with Gasteiger partial charge in [-0.15, -0.1) is 0 Å². The van der Waals surface area contributed by atoms with Gasteiger partial charge in [-0.25, -0.2) is 0 Å². The van der Waals surface area contributed by atoms with Crippen molar-refractivity contribution in [3.63, 3.8) is 0 Å². The van der Waals surface area contributed by atoms with Gasteiger partial charge in [-0.1, -0.05) is 12.1 Å². The van der Waals surface area contributed by atoms with Crippen molar-refractivity contribution in [3.05, 3.63) is 24.3 Å². The molecular weight excluding hydrogens is 126 g/mol. The van der Waals surface area contributed by atoms with Gasteiger partial charge in [0.1, 0.15) is 0 Å². The van der Waals surface area contributed by atoms with Crippen molar-refractivity contribution in [2.75, 3.05) is 10.6 Å². The number of anilines is 2. The minimum absolute atomic E-state index is 0.127. The van der Waals surface area contributed by atoms with Crippen LogP contribution in [-0.2, 0) is 0 Å². The van der Waals surface area contributed by atoms with Crippen molar-refractivity contribution in [3.8, 4) is 0 Å². The highest BCUT2D eigenvalue weighted by Gasteiger charge is 2.12. The molecule has 52 valence electrons. The zero-order chi connectivity index (χ0) is 6.97. The van der Waals surface area contributed by atoms with Crippen LogP contribution in [0.3, 0.4) is 0 Å². The second kappa shape index (κ2) is 1.88. The Balaban J connectivity index is 2.42. The molecular formula is C7H9N3. The zero-order valence-electron chi connectivity index (χ0n) is 5.46. The molecule has 4 N–H and O–H groups in total. The molecule has 0 aliphatic carbocycles. The Morgan fingerprint density at radius 2 is 1.60 bits per heavy atom. The summed E-state index contributed by atoms with van der Waals surface area (Å²) in [6, 6.07) is 7.95. The van der Waals surface area contributed by atoms with E-state index < -0.39 is 0 Å². The fraction of sp³-hybridized carbons (Fsp3) is 0.143. The summed E-state index contributed by atoms with van der Waals surface area (Å²) in [6.45, 7) is 0. The van der Waals surface area contributed by atoms with Crippen LogP contribution in [0.1, 0.15) is 0 Å². The van der Waals surface area contributed by atoms with Crippen LogP contribution in [0.25, 0.3) is 0 Å². The van der Waals surface area contributed by atoms with Crippen molar-refractivity contribution in [1.82, 2.24) is 0 Å². The molecule has 0 radical (unpaired) electrons. The Kier molecular flexibility index (Phi) is 1.05. The van der Waals surface area contributed by atoms with Crippen LogP contribution in [0.15, 0.2) is 24.3 Å². The first kappa shape index (κ1) is 5.56. The van der Waals surface area contributed by atoms with Gasteiger partial charge in [0.15, 0.2) is 6.29 Å². The highest BCUT2D eigenvalue weighted by Crippen LogP contribution is 2.25. The van der Waals surface area contributed by atoms with Crippen molar-refractivity contribution < 1.29 is 0 Å². The predicted octanol–water partition coefficient (Wildman–Crippen LogP) is 0.766. The van der Waals surface area contributed by atoms with Crippen LogP contribution < -0.4 is 16.4 Å². The van der Waals surface area contributed by atoms with E-state index in [2.05, 4.69) is 10.6 Å². The lowest BCUT2D eigenvalue weighted by atomic mass is 10.3. The Hall–Kier alpha value is -1.22. The van der Waals surface area contributed by atoms with Gasteiger partial charge in [0.05, 0.1) is 11.4 Å². The Labute approximate surface area is 59.2 Å². The maximum absolute atomic E-state index is 5.56. The standard InChI is InChI=1S/C7H9N3/c8-7-9-5-3-1-2-4-6(5)10-7/h1-4,7,9-10H,8H2. The largest absolute Gasteiger partial charge is 0.352 e. The third-order valence-electron chi connectivity index (χ3n) is 1.55. The number of benzene rings is 1. The molecule has 1 aliphatic heterocycles. The maximum Gasteiger partial charge on any atom is 0.150 e. The normalized spacial score (nSPS) is 15.7. The molecule has 3 nitrogen and oxygen atoms in total. The summed E-state index contributed by atoms with van der Waals surface area (Å²) in [5.74, 6) is 0. The smallest absolute Gasteiger partial charge is 0.150 e. The quantitative estimate of drug-likeness (QED) is 0.492. The van der Waals surface area contributed by atoms with Gasteiger partial charge in [-0.3, -0.25) is 5.73 Å². The highest BCUT2D eigenvalue weighted by molar-refractivity contribution is 5.73. The number of hydrogen-bond donors (Lipinski definition) is 3. The molecule has 1 aromatic carbocycles. The number of nitrogens with two attached hydrogens (primary N) is 1. The summed E-state index contributed by atoms with van der Waals surface area (Å²) in [5.41, 5.74) is 7.72. The molecule has 0 bridgehead atoms. The second-order valence-corrected chi connectivity index (χ2v) is 2.31. The van der Waals surface area contributed by atoms with Crippen LogP contribution in [0, 0.1) is 0 Å². The van der Waals surface area contributed by atoms with Crippen LogP contribution in [0.5, 0.6) is 0 Å². The number of rotatable bonds is 0. The first-order valence-electron chi connectivity index (χ1n) is 3.24. The summed E-state index contributed by atoms with van der Waals surface area (Å²) in [4.78, 5) is 0. The highest BCUT2D eigenvalue weighted by atomic mass is 15.3. The van der Waals surface area contributed by atoms with E-state index in [1.807, 2.05) is 24.3 Å².